The first-order valence-corrected chi connectivity index (χ1v) is 14.2. The number of hydrogen-bond acceptors (Lipinski definition) is 8. The summed E-state index contributed by atoms with van der Waals surface area (Å²) in [6.07, 6.45) is -2.16. The summed E-state index contributed by atoms with van der Waals surface area (Å²) in [5, 5.41) is 19.2. The van der Waals surface area contributed by atoms with Crippen molar-refractivity contribution >= 4 is 54.5 Å². The molecule has 0 aliphatic heterocycles. The Kier molecular flexibility index (Phi) is 10.1. The molecular weight excluding hydrogens is 539 g/mol. The second kappa shape index (κ2) is 11.9. The Morgan fingerprint density at radius 2 is 1.42 bits per heavy atom. The Hall–Kier alpha value is -1.27. The Labute approximate surface area is 207 Å². The minimum absolute atomic E-state index is 0.0221. The molecule has 0 aliphatic rings. The number of rotatable bonds is 12. The summed E-state index contributed by atoms with van der Waals surface area (Å²) in [6.45, 7) is 1.04. The molecule has 2 aromatic rings. The Morgan fingerprint density at radius 3 is 1.94 bits per heavy atom. The van der Waals surface area contributed by atoms with Gasteiger partial charge in [0.05, 0.1) is 31.5 Å². The Balaban J connectivity index is 2.14. The van der Waals surface area contributed by atoms with E-state index in [4.69, 9.17) is 44.3 Å². The van der Waals surface area contributed by atoms with E-state index in [1.165, 1.54) is 43.3 Å². The van der Waals surface area contributed by atoms with Crippen LogP contribution in [0.3, 0.4) is 0 Å². The lowest BCUT2D eigenvalue weighted by atomic mass is 10.3. The fourth-order valence-corrected chi connectivity index (χ4v) is 5.60. The van der Waals surface area contributed by atoms with Gasteiger partial charge < -0.3 is 19.7 Å². The van der Waals surface area contributed by atoms with Crippen molar-refractivity contribution in [3.05, 3.63) is 46.4 Å². The molecule has 184 valence electrons. The first-order valence-electron chi connectivity index (χ1n) is 9.62. The van der Waals surface area contributed by atoms with E-state index in [0.717, 1.165) is 0 Å². The van der Waals surface area contributed by atoms with Gasteiger partial charge in [-0.05, 0) is 36.4 Å². The summed E-state index contributed by atoms with van der Waals surface area (Å²) in [6, 6.07) is 7.70. The van der Waals surface area contributed by atoms with Crippen LogP contribution in [-0.4, -0.2) is 69.9 Å². The highest BCUT2D eigenvalue weighted by molar-refractivity contribution is 7.91. The molecule has 0 spiro atoms. The fraction of sp³-hybridized carbons (Fsp3) is 0.400. The molecule has 0 amide bonds. The van der Waals surface area contributed by atoms with E-state index in [1.54, 1.807) is 0 Å². The summed E-state index contributed by atoms with van der Waals surface area (Å²) < 4.78 is 59.7. The Morgan fingerprint density at radius 1 is 0.879 bits per heavy atom. The molecule has 0 saturated heterocycles. The molecule has 2 N–H and O–H groups in total. The van der Waals surface area contributed by atoms with Crippen LogP contribution in [0.4, 0.5) is 0 Å². The smallest absolute Gasteiger partial charge is 0.206 e. The van der Waals surface area contributed by atoms with Gasteiger partial charge in [-0.1, -0.05) is 30.1 Å². The van der Waals surface area contributed by atoms with Crippen LogP contribution in [0.1, 0.15) is 6.92 Å². The van der Waals surface area contributed by atoms with Crippen LogP contribution in [0.5, 0.6) is 11.5 Å². The summed E-state index contributed by atoms with van der Waals surface area (Å²) in [4.78, 5) is -0.237. The average Bonchev–Trinajstić information content (AvgIpc) is 2.76. The summed E-state index contributed by atoms with van der Waals surface area (Å²) in [5.41, 5.74) is 0. The summed E-state index contributed by atoms with van der Waals surface area (Å²) >= 11 is 17.8. The van der Waals surface area contributed by atoms with E-state index < -0.39 is 37.6 Å². The van der Waals surface area contributed by atoms with E-state index in [2.05, 4.69) is 0 Å². The third kappa shape index (κ3) is 7.88. The lowest BCUT2D eigenvalue weighted by Gasteiger charge is -2.14. The third-order valence-electron chi connectivity index (χ3n) is 4.34. The molecule has 2 atom stereocenters. The number of aliphatic hydroxyl groups excluding tert-OH is 2. The van der Waals surface area contributed by atoms with Crippen molar-refractivity contribution < 1.29 is 36.5 Å². The van der Waals surface area contributed by atoms with Crippen LogP contribution >= 0.6 is 34.8 Å². The predicted octanol–water partition coefficient (Wildman–Crippen LogP) is 2.98. The van der Waals surface area contributed by atoms with Gasteiger partial charge in [-0.2, -0.15) is 0 Å². The highest BCUT2D eigenvalue weighted by atomic mass is 35.5. The molecule has 0 aliphatic carbocycles. The van der Waals surface area contributed by atoms with E-state index in [0.29, 0.717) is 0 Å². The van der Waals surface area contributed by atoms with E-state index >= 15 is 0 Å². The van der Waals surface area contributed by atoms with E-state index in [9.17, 15) is 27.0 Å². The molecule has 0 heterocycles. The zero-order chi connectivity index (χ0) is 24.8. The van der Waals surface area contributed by atoms with Gasteiger partial charge in [0.15, 0.2) is 15.6 Å². The summed E-state index contributed by atoms with van der Waals surface area (Å²) in [7, 11) is -7.35. The number of sulfone groups is 2. The molecule has 33 heavy (non-hydrogen) atoms. The van der Waals surface area contributed by atoms with E-state index in [1.807, 2.05) is 0 Å². The van der Waals surface area contributed by atoms with Crippen LogP contribution in [0, 0.1) is 0 Å². The first-order chi connectivity index (χ1) is 15.4. The van der Waals surface area contributed by atoms with Gasteiger partial charge in [-0.3, -0.25) is 0 Å². The monoisotopic (exact) mass is 560 g/mol. The highest BCUT2D eigenvalue weighted by Gasteiger charge is 2.22. The highest BCUT2D eigenvalue weighted by Crippen LogP contribution is 2.37. The number of halogens is 3. The first kappa shape index (κ1) is 28.0. The van der Waals surface area contributed by atoms with Crippen molar-refractivity contribution in [1.82, 2.24) is 0 Å². The maximum atomic E-state index is 13.0. The third-order valence-corrected chi connectivity index (χ3v) is 8.78. The molecule has 13 heteroatoms. The molecule has 0 fully saturated rings. The molecular formula is C20H23Cl3O8S2. The summed E-state index contributed by atoms with van der Waals surface area (Å²) in [5.74, 6) is -0.304. The van der Waals surface area contributed by atoms with Crippen LogP contribution in [-0.2, 0) is 19.7 Å². The van der Waals surface area contributed by atoms with Crippen molar-refractivity contribution in [3.63, 3.8) is 0 Å². The second-order valence-corrected chi connectivity index (χ2v) is 12.4. The molecule has 1 unspecified atom stereocenters. The van der Waals surface area contributed by atoms with Gasteiger partial charge >= 0.3 is 0 Å². The van der Waals surface area contributed by atoms with Crippen LogP contribution in [0.25, 0.3) is 0 Å². The van der Waals surface area contributed by atoms with Gasteiger partial charge in [-0.25, -0.2) is 16.8 Å². The molecule has 0 radical (unpaired) electrons. The molecule has 2 rings (SSSR count). The van der Waals surface area contributed by atoms with Gasteiger partial charge in [-0.15, -0.1) is 11.6 Å². The normalized spacial score (nSPS) is 14.0. The predicted molar refractivity (Wildman–Crippen MR) is 126 cm³/mol. The molecule has 2 aromatic carbocycles. The number of aliphatic hydroxyl groups is 2. The lowest BCUT2D eigenvalue weighted by Crippen LogP contribution is -2.27. The van der Waals surface area contributed by atoms with E-state index in [-0.39, 0.29) is 56.2 Å². The quantitative estimate of drug-likeness (QED) is 0.379. The standard InChI is InChI=1S/C20H23Cl3O8S2/c1-2-32(26,27)12-14(25)11-30-15-3-5-16(6-4-15)33(28,29)17-7-18(22)20(19(23)8-17)31-10-13(24)9-21/h3-8,13-14,24-25H,2,9-12H2,1H3/t13-,14?/m1/s1. The van der Waals surface area contributed by atoms with Crippen LogP contribution in [0.15, 0.2) is 46.2 Å². The lowest BCUT2D eigenvalue weighted by molar-refractivity contribution is 0.125. The zero-order valence-corrected chi connectivity index (χ0v) is 21.3. The number of alkyl halides is 1. The molecule has 0 saturated carbocycles. The maximum absolute atomic E-state index is 13.0. The second-order valence-electron chi connectivity index (χ2n) is 6.97. The number of ether oxygens (including phenoxy) is 2. The molecule has 0 aromatic heterocycles. The van der Waals surface area contributed by atoms with Crippen molar-refractivity contribution in [2.75, 3.05) is 30.6 Å². The van der Waals surface area contributed by atoms with Crippen molar-refractivity contribution in [2.24, 2.45) is 0 Å². The largest absolute Gasteiger partial charge is 0.491 e. The van der Waals surface area contributed by atoms with Gasteiger partial charge in [0.2, 0.25) is 9.84 Å². The van der Waals surface area contributed by atoms with Crippen LogP contribution < -0.4 is 9.47 Å². The SMILES string of the molecule is CCS(=O)(=O)CC(O)COc1ccc(S(=O)(=O)c2cc(Cl)c(OC[C@H](O)CCl)c(Cl)c2)cc1. The average molecular weight is 562 g/mol. The topological polar surface area (TPSA) is 127 Å². The maximum Gasteiger partial charge on any atom is 0.206 e. The van der Waals surface area contributed by atoms with Gasteiger partial charge in [0.25, 0.3) is 0 Å². The van der Waals surface area contributed by atoms with Crippen molar-refractivity contribution in [1.29, 1.82) is 0 Å². The van der Waals surface area contributed by atoms with Gasteiger partial charge in [0, 0.05) is 5.75 Å². The number of benzene rings is 2. The molecule has 8 nitrogen and oxygen atoms in total. The van der Waals surface area contributed by atoms with Gasteiger partial charge in [0.1, 0.15) is 31.2 Å². The van der Waals surface area contributed by atoms with Crippen molar-refractivity contribution in [3.8, 4) is 11.5 Å². The number of hydrogen-bond donors (Lipinski definition) is 2. The fourth-order valence-electron chi connectivity index (χ4n) is 2.56. The molecule has 0 bridgehead atoms. The van der Waals surface area contributed by atoms with Crippen molar-refractivity contribution in [2.45, 2.75) is 28.9 Å². The minimum atomic E-state index is -3.99. The minimum Gasteiger partial charge on any atom is -0.491 e. The Bertz CT molecular complexity index is 1130. The zero-order valence-electron chi connectivity index (χ0n) is 17.4. The van der Waals surface area contributed by atoms with Crippen LogP contribution in [0.2, 0.25) is 10.0 Å².